The molecule has 0 aliphatic rings. The Morgan fingerprint density at radius 1 is 1.29 bits per heavy atom. The summed E-state index contributed by atoms with van der Waals surface area (Å²) in [7, 11) is 1.40. The summed E-state index contributed by atoms with van der Waals surface area (Å²) >= 11 is 0. The molecule has 17 heavy (non-hydrogen) atoms. The zero-order chi connectivity index (χ0) is 12.7. The molecule has 0 spiro atoms. The quantitative estimate of drug-likeness (QED) is 0.572. The minimum absolute atomic E-state index is 0.278. The second-order valence-electron chi connectivity index (χ2n) is 4.16. The number of carbonyl (C=O) groups excluding carboxylic acids is 1. The third kappa shape index (κ3) is 4.43. The summed E-state index contributed by atoms with van der Waals surface area (Å²) in [4.78, 5) is 11.2. The first kappa shape index (κ1) is 13.5. The van der Waals surface area contributed by atoms with E-state index in [1.165, 1.54) is 25.5 Å². The molecule has 0 N–H and O–H groups in total. The van der Waals surface area contributed by atoms with Crippen LogP contribution in [0.15, 0.2) is 29.8 Å². The van der Waals surface area contributed by atoms with Crippen LogP contribution in [0.2, 0.25) is 0 Å². The molecule has 92 valence electrons. The zero-order valence-corrected chi connectivity index (χ0v) is 10.8. The first-order chi connectivity index (χ1) is 8.17. The maximum absolute atomic E-state index is 11.2. The summed E-state index contributed by atoms with van der Waals surface area (Å²) in [5.41, 5.74) is 3.00. The largest absolute Gasteiger partial charge is 0.466 e. The topological polar surface area (TPSA) is 26.3 Å². The van der Waals surface area contributed by atoms with Gasteiger partial charge >= 0.3 is 5.97 Å². The molecular weight excluding hydrogens is 212 g/mol. The highest BCUT2D eigenvalue weighted by atomic mass is 16.5. The molecule has 0 saturated carbocycles. The molecule has 0 aliphatic heterocycles. The fraction of sp³-hybridized carbons (Fsp3) is 0.400. The average Bonchev–Trinajstić information content (AvgIpc) is 2.37. The first-order valence-corrected chi connectivity index (χ1v) is 6.03. The van der Waals surface area contributed by atoms with Gasteiger partial charge in [-0.3, -0.25) is 0 Å². The molecule has 0 amide bonds. The van der Waals surface area contributed by atoms with E-state index in [9.17, 15) is 4.79 Å². The Kier molecular flexibility index (Phi) is 5.47. The number of hydrogen-bond donors (Lipinski definition) is 0. The van der Waals surface area contributed by atoms with E-state index in [4.69, 9.17) is 0 Å². The van der Waals surface area contributed by atoms with E-state index in [0.717, 1.165) is 12.0 Å². The van der Waals surface area contributed by atoms with Crippen LogP contribution in [-0.2, 0) is 16.0 Å². The highest BCUT2D eigenvalue weighted by Gasteiger charge is 2.02. The predicted octanol–water partition coefficient (Wildman–Crippen LogP) is 3.61. The molecule has 0 fully saturated rings. The van der Waals surface area contributed by atoms with Crippen molar-refractivity contribution in [3.63, 3.8) is 0 Å². The van der Waals surface area contributed by atoms with Crippen LogP contribution >= 0.6 is 0 Å². The van der Waals surface area contributed by atoms with Crippen molar-refractivity contribution >= 4 is 12.0 Å². The Labute approximate surface area is 103 Å². The zero-order valence-electron chi connectivity index (χ0n) is 10.8. The molecule has 0 saturated heterocycles. The van der Waals surface area contributed by atoms with Gasteiger partial charge in [0.05, 0.1) is 7.11 Å². The summed E-state index contributed by atoms with van der Waals surface area (Å²) in [6.45, 7) is 3.95. The molecule has 0 bridgehead atoms. The first-order valence-electron chi connectivity index (χ1n) is 6.03. The molecule has 0 radical (unpaired) electrons. The third-order valence-electron chi connectivity index (χ3n) is 2.69. The number of ether oxygens (including phenoxy) is 1. The fourth-order valence-corrected chi connectivity index (χ4v) is 1.63. The fourth-order valence-electron chi connectivity index (χ4n) is 1.63. The van der Waals surface area contributed by atoms with Gasteiger partial charge in [0.25, 0.3) is 0 Å². The van der Waals surface area contributed by atoms with Gasteiger partial charge in [0.15, 0.2) is 0 Å². The van der Waals surface area contributed by atoms with E-state index in [2.05, 4.69) is 23.8 Å². The monoisotopic (exact) mass is 232 g/mol. The molecule has 2 heteroatoms. The normalized spacial score (nSPS) is 11.4. The number of methoxy groups -OCH3 is 1. The van der Waals surface area contributed by atoms with Gasteiger partial charge in [-0.05, 0) is 37.0 Å². The Morgan fingerprint density at radius 3 is 2.47 bits per heavy atom. The van der Waals surface area contributed by atoms with Gasteiger partial charge in [0.1, 0.15) is 0 Å². The third-order valence-corrected chi connectivity index (χ3v) is 2.69. The maximum Gasteiger partial charge on any atom is 0.333 e. The Morgan fingerprint density at radius 2 is 1.94 bits per heavy atom. The summed E-state index contributed by atoms with van der Waals surface area (Å²) < 4.78 is 4.65. The molecule has 1 aromatic rings. The van der Waals surface area contributed by atoms with Crippen LogP contribution < -0.4 is 0 Å². The van der Waals surface area contributed by atoms with Crippen molar-refractivity contribution in [1.82, 2.24) is 0 Å². The Hall–Kier alpha value is -1.57. The lowest BCUT2D eigenvalue weighted by Gasteiger charge is -2.02. The van der Waals surface area contributed by atoms with Gasteiger partial charge in [-0.25, -0.2) is 4.79 Å². The highest BCUT2D eigenvalue weighted by Crippen LogP contribution is 2.11. The molecule has 2 nitrogen and oxygen atoms in total. The standard InChI is InChI=1S/C15H20O2/c1-4-5-6-13-7-9-14(10-8-13)11-12(2)15(16)17-3/h7-11H,4-6H2,1-3H3. The van der Waals surface area contributed by atoms with Crippen molar-refractivity contribution in [2.75, 3.05) is 7.11 Å². The minimum atomic E-state index is -0.278. The van der Waals surface area contributed by atoms with Gasteiger partial charge in [-0.2, -0.15) is 0 Å². The number of esters is 1. The van der Waals surface area contributed by atoms with E-state index < -0.39 is 0 Å². The van der Waals surface area contributed by atoms with Gasteiger partial charge < -0.3 is 4.74 Å². The number of aryl methyl sites for hydroxylation is 1. The molecule has 0 unspecified atom stereocenters. The van der Waals surface area contributed by atoms with E-state index in [1.54, 1.807) is 6.92 Å². The lowest BCUT2D eigenvalue weighted by atomic mass is 10.1. The van der Waals surface area contributed by atoms with E-state index >= 15 is 0 Å². The average molecular weight is 232 g/mol. The van der Waals surface area contributed by atoms with Crippen molar-refractivity contribution in [1.29, 1.82) is 0 Å². The summed E-state index contributed by atoms with van der Waals surface area (Å²) in [5.74, 6) is -0.278. The second kappa shape index (κ2) is 6.89. The van der Waals surface area contributed by atoms with Crippen molar-refractivity contribution in [2.24, 2.45) is 0 Å². The van der Waals surface area contributed by atoms with Crippen molar-refractivity contribution in [2.45, 2.75) is 33.1 Å². The second-order valence-corrected chi connectivity index (χ2v) is 4.16. The maximum atomic E-state index is 11.2. The summed E-state index contributed by atoms with van der Waals surface area (Å²) in [5, 5.41) is 0. The predicted molar refractivity (Wildman–Crippen MR) is 70.7 cm³/mol. The van der Waals surface area contributed by atoms with Crippen LogP contribution in [-0.4, -0.2) is 13.1 Å². The smallest absolute Gasteiger partial charge is 0.333 e. The molecule has 1 aromatic carbocycles. The lowest BCUT2D eigenvalue weighted by Crippen LogP contribution is -2.00. The number of rotatable bonds is 5. The van der Waals surface area contributed by atoms with Crippen molar-refractivity contribution < 1.29 is 9.53 Å². The molecule has 1 rings (SSSR count). The van der Waals surface area contributed by atoms with E-state index in [-0.39, 0.29) is 5.97 Å². The number of unbranched alkanes of at least 4 members (excludes halogenated alkanes) is 1. The van der Waals surface area contributed by atoms with Crippen LogP contribution in [0.3, 0.4) is 0 Å². The van der Waals surface area contributed by atoms with Crippen LogP contribution in [0, 0.1) is 0 Å². The molecule has 0 aromatic heterocycles. The highest BCUT2D eigenvalue weighted by molar-refractivity contribution is 5.92. The summed E-state index contributed by atoms with van der Waals surface area (Å²) in [6, 6.07) is 8.31. The van der Waals surface area contributed by atoms with Crippen LogP contribution in [0.5, 0.6) is 0 Å². The number of benzene rings is 1. The van der Waals surface area contributed by atoms with Crippen molar-refractivity contribution in [3.05, 3.63) is 41.0 Å². The van der Waals surface area contributed by atoms with Gasteiger partial charge in [-0.1, -0.05) is 37.6 Å². The minimum Gasteiger partial charge on any atom is -0.466 e. The van der Waals surface area contributed by atoms with Crippen molar-refractivity contribution in [3.8, 4) is 0 Å². The molecular formula is C15H20O2. The van der Waals surface area contributed by atoms with Crippen LogP contribution in [0.4, 0.5) is 0 Å². The number of hydrogen-bond acceptors (Lipinski definition) is 2. The molecule has 0 heterocycles. The molecule has 0 atom stereocenters. The van der Waals surface area contributed by atoms with Crippen LogP contribution in [0.25, 0.3) is 6.08 Å². The molecule has 0 aliphatic carbocycles. The van der Waals surface area contributed by atoms with E-state index in [1.807, 2.05) is 18.2 Å². The van der Waals surface area contributed by atoms with Crippen LogP contribution in [0.1, 0.15) is 37.8 Å². The van der Waals surface area contributed by atoms with Gasteiger partial charge in [0, 0.05) is 5.57 Å². The van der Waals surface area contributed by atoms with Gasteiger partial charge in [-0.15, -0.1) is 0 Å². The summed E-state index contributed by atoms with van der Waals surface area (Å²) in [6.07, 6.45) is 5.39. The Bertz CT molecular complexity index is 388. The van der Waals surface area contributed by atoms with Gasteiger partial charge in [0.2, 0.25) is 0 Å². The number of carbonyl (C=O) groups is 1. The SMILES string of the molecule is CCCCc1ccc(C=C(C)C(=O)OC)cc1. The lowest BCUT2D eigenvalue weighted by molar-refractivity contribution is -0.135. The van der Waals surface area contributed by atoms with E-state index in [0.29, 0.717) is 5.57 Å². The Balaban J connectivity index is 2.71.